The number of esters is 1. The van der Waals surface area contributed by atoms with Crippen LogP contribution in [0.3, 0.4) is 0 Å². The van der Waals surface area contributed by atoms with Crippen LogP contribution in [0.2, 0.25) is 0 Å². The molecule has 0 aliphatic carbocycles. The monoisotopic (exact) mass is 416 g/mol. The van der Waals surface area contributed by atoms with Gasteiger partial charge >= 0.3 is 5.97 Å². The highest BCUT2D eigenvalue weighted by molar-refractivity contribution is 5.95. The molecule has 2 heterocycles. The van der Waals surface area contributed by atoms with E-state index in [1.165, 1.54) is 26.7 Å². The summed E-state index contributed by atoms with van der Waals surface area (Å²) in [5.74, 6) is -0.675. The van der Waals surface area contributed by atoms with Gasteiger partial charge in [-0.2, -0.15) is 0 Å². The summed E-state index contributed by atoms with van der Waals surface area (Å²) in [5.41, 5.74) is 0.850. The van der Waals surface area contributed by atoms with Crippen molar-refractivity contribution in [3.8, 4) is 11.5 Å². The van der Waals surface area contributed by atoms with E-state index in [4.69, 9.17) is 18.6 Å². The van der Waals surface area contributed by atoms with Crippen LogP contribution in [0.15, 0.2) is 41.2 Å². The molecule has 0 saturated carbocycles. The topological polar surface area (TPSA) is 107 Å². The molecule has 9 nitrogen and oxygen atoms in total. The van der Waals surface area contributed by atoms with Crippen molar-refractivity contribution in [2.75, 3.05) is 39.2 Å². The van der Waals surface area contributed by atoms with Crippen LogP contribution in [0.25, 0.3) is 0 Å². The Bertz CT molecular complexity index is 895. The third-order valence-electron chi connectivity index (χ3n) is 4.84. The molecular weight excluding hydrogens is 392 g/mol. The number of furan rings is 1. The van der Waals surface area contributed by atoms with E-state index in [0.717, 1.165) is 0 Å². The SMILES string of the molecule is COc1ccc(OC)c(NC(=O)COC(=O)[C@H]2CCCN(C(=O)c3ccoc3)C2)c1. The Hall–Kier alpha value is -3.49. The van der Waals surface area contributed by atoms with Crippen molar-refractivity contribution in [2.45, 2.75) is 12.8 Å². The molecule has 3 rings (SSSR count). The highest BCUT2D eigenvalue weighted by Gasteiger charge is 2.30. The Kier molecular flexibility index (Phi) is 6.95. The minimum atomic E-state index is -0.507. The quantitative estimate of drug-likeness (QED) is 0.690. The number of ether oxygens (including phenoxy) is 3. The van der Waals surface area contributed by atoms with Gasteiger partial charge in [0.2, 0.25) is 0 Å². The first-order valence-electron chi connectivity index (χ1n) is 9.51. The van der Waals surface area contributed by atoms with Crippen LogP contribution in [0.4, 0.5) is 5.69 Å². The van der Waals surface area contributed by atoms with Crippen LogP contribution in [0.1, 0.15) is 23.2 Å². The van der Waals surface area contributed by atoms with Crippen molar-refractivity contribution in [1.29, 1.82) is 0 Å². The van der Waals surface area contributed by atoms with Crippen LogP contribution >= 0.6 is 0 Å². The molecule has 2 amide bonds. The number of carbonyl (C=O) groups excluding carboxylic acids is 3. The molecule has 0 bridgehead atoms. The van der Waals surface area contributed by atoms with Gasteiger partial charge in [-0.15, -0.1) is 0 Å². The van der Waals surface area contributed by atoms with Crippen molar-refractivity contribution in [3.05, 3.63) is 42.4 Å². The molecule has 0 radical (unpaired) electrons. The van der Waals surface area contributed by atoms with Crippen LogP contribution in [0, 0.1) is 5.92 Å². The first-order valence-corrected chi connectivity index (χ1v) is 9.51. The molecule has 1 atom stereocenters. The summed E-state index contributed by atoms with van der Waals surface area (Å²) in [5, 5.41) is 2.64. The summed E-state index contributed by atoms with van der Waals surface area (Å²) in [6, 6.07) is 6.56. The molecule has 1 aliphatic rings. The second-order valence-corrected chi connectivity index (χ2v) is 6.82. The van der Waals surface area contributed by atoms with Gasteiger partial charge in [0.15, 0.2) is 6.61 Å². The van der Waals surface area contributed by atoms with E-state index in [9.17, 15) is 14.4 Å². The zero-order valence-electron chi connectivity index (χ0n) is 16.9. The lowest BCUT2D eigenvalue weighted by Gasteiger charge is -2.31. The molecule has 1 aromatic carbocycles. The van der Waals surface area contributed by atoms with E-state index in [2.05, 4.69) is 5.32 Å². The molecule has 0 spiro atoms. The van der Waals surface area contributed by atoms with Crippen molar-refractivity contribution < 1.29 is 33.0 Å². The fourth-order valence-electron chi connectivity index (χ4n) is 3.28. The summed E-state index contributed by atoms with van der Waals surface area (Å²) in [7, 11) is 3.00. The zero-order valence-corrected chi connectivity index (χ0v) is 16.9. The van der Waals surface area contributed by atoms with Gasteiger partial charge in [-0.1, -0.05) is 0 Å². The van der Waals surface area contributed by atoms with Crippen molar-refractivity contribution in [3.63, 3.8) is 0 Å². The number of carbonyl (C=O) groups is 3. The Morgan fingerprint density at radius 2 is 2.03 bits per heavy atom. The smallest absolute Gasteiger partial charge is 0.311 e. The van der Waals surface area contributed by atoms with Gasteiger partial charge in [0.1, 0.15) is 17.8 Å². The van der Waals surface area contributed by atoms with Gasteiger partial charge in [-0.05, 0) is 31.0 Å². The Balaban J connectivity index is 1.52. The maximum Gasteiger partial charge on any atom is 0.311 e. The second-order valence-electron chi connectivity index (χ2n) is 6.82. The highest BCUT2D eigenvalue weighted by atomic mass is 16.5. The summed E-state index contributed by atoms with van der Waals surface area (Å²) in [6.07, 6.45) is 4.08. The maximum absolute atomic E-state index is 12.4. The lowest BCUT2D eigenvalue weighted by Crippen LogP contribution is -2.43. The average Bonchev–Trinajstić information content (AvgIpc) is 3.32. The number of piperidine rings is 1. The molecule has 1 saturated heterocycles. The van der Waals surface area contributed by atoms with Gasteiger partial charge in [0.05, 0.1) is 37.7 Å². The molecule has 0 unspecified atom stereocenters. The lowest BCUT2D eigenvalue weighted by molar-refractivity contribution is -0.152. The third-order valence-corrected chi connectivity index (χ3v) is 4.84. The Morgan fingerprint density at radius 1 is 1.20 bits per heavy atom. The molecule has 160 valence electrons. The first kappa shape index (κ1) is 21.2. The number of amides is 2. The van der Waals surface area contributed by atoms with Gasteiger partial charge in [-0.25, -0.2) is 0 Å². The number of hydrogen-bond acceptors (Lipinski definition) is 7. The minimum absolute atomic E-state index is 0.191. The van der Waals surface area contributed by atoms with E-state index in [1.54, 1.807) is 29.2 Å². The normalized spacial score (nSPS) is 15.9. The first-order chi connectivity index (χ1) is 14.5. The highest BCUT2D eigenvalue weighted by Crippen LogP contribution is 2.28. The molecule has 1 aromatic heterocycles. The summed E-state index contributed by atoms with van der Waals surface area (Å²) in [6.45, 7) is 0.365. The average molecular weight is 416 g/mol. The number of hydrogen-bond donors (Lipinski definition) is 1. The summed E-state index contributed by atoms with van der Waals surface area (Å²) >= 11 is 0. The molecular formula is C21H24N2O7. The van der Waals surface area contributed by atoms with E-state index in [0.29, 0.717) is 42.1 Å². The van der Waals surface area contributed by atoms with Gasteiger partial charge in [0, 0.05) is 19.2 Å². The van der Waals surface area contributed by atoms with Crippen LogP contribution < -0.4 is 14.8 Å². The predicted molar refractivity (Wildman–Crippen MR) is 106 cm³/mol. The standard InChI is InChI=1S/C21H24N2O7/c1-27-16-5-6-18(28-2)17(10-16)22-19(24)13-30-21(26)14-4-3-8-23(11-14)20(25)15-7-9-29-12-15/h5-7,9-10,12,14H,3-4,8,11,13H2,1-2H3,(H,22,24)/t14-/m0/s1. The number of nitrogens with one attached hydrogen (secondary N) is 1. The Morgan fingerprint density at radius 3 is 2.73 bits per heavy atom. The number of rotatable bonds is 7. The van der Waals surface area contributed by atoms with Crippen molar-refractivity contribution in [2.24, 2.45) is 5.92 Å². The summed E-state index contributed by atoms with van der Waals surface area (Å²) in [4.78, 5) is 38.7. The van der Waals surface area contributed by atoms with Crippen LogP contribution in [-0.2, 0) is 14.3 Å². The molecule has 1 aliphatic heterocycles. The van der Waals surface area contributed by atoms with Gasteiger partial charge < -0.3 is 28.8 Å². The fourth-order valence-corrected chi connectivity index (χ4v) is 3.28. The number of anilines is 1. The summed E-state index contributed by atoms with van der Waals surface area (Å²) < 4.78 is 20.5. The van der Waals surface area contributed by atoms with Crippen LogP contribution in [-0.4, -0.2) is 56.6 Å². The van der Waals surface area contributed by atoms with Gasteiger partial charge in [-0.3, -0.25) is 14.4 Å². The number of benzene rings is 1. The molecule has 1 fully saturated rings. The molecule has 9 heteroatoms. The molecule has 30 heavy (non-hydrogen) atoms. The van der Waals surface area contributed by atoms with E-state index in [-0.39, 0.29) is 12.5 Å². The lowest BCUT2D eigenvalue weighted by atomic mass is 9.98. The Labute approximate surface area is 173 Å². The number of methoxy groups -OCH3 is 2. The third kappa shape index (κ3) is 5.11. The van der Waals surface area contributed by atoms with Crippen molar-refractivity contribution in [1.82, 2.24) is 4.90 Å². The minimum Gasteiger partial charge on any atom is -0.497 e. The van der Waals surface area contributed by atoms with Gasteiger partial charge in [0.25, 0.3) is 11.8 Å². The zero-order chi connectivity index (χ0) is 21.5. The molecule has 2 aromatic rings. The second kappa shape index (κ2) is 9.82. The van der Waals surface area contributed by atoms with Crippen LogP contribution in [0.5, 0.6) is 11.5 Å². The molecule has 1 N–H and O–H groups in total. The van der Waals surface area contributed by atoms with E-state index in [1.807, 2.05) is 0 Å². The maximum atomic E-state index is 12.4. The predicted octanol–water partition coefficient (Wildman–Crippen LogP) is 2.33. The largest absolute Gasteiger partial charge is 0.497 e. The van der Waals surface area contributed by atoms with E-state index >= 15 is 0 Å². The number of likely N-dealkylation sites (tertiary alicyclic amines) is 1. The van der Waals surface area contributed by atoms with Crippen molar-refractivity contribution >= 4 is 23.5 Å². The number of nitrogens with zero attached hydrogens (tertiary/aromatic N) is 1. The fraction of sp³-hybridized carbons (Fsp3) is 0.381. The van der Waals surface area contributed by atoms with E-state index < -0.39 is 24.4 Å².